The van der Waals surface area contributed by atoms with Crippen molar-refractivity contribution in [3.05, 3.63) is 146 Å². The third-order valence-electron chi connectivity index (χ3n) is 14.2. The molecule has 0 rings (SSSR count). The number of allylic oxidation sites excluding steroid dienone is 24. The summed E-state index contributed by atoms with van der Waals surface area (Å²) < 4.78 is 33.0. The maximum Gasteiger partial charge on any atom is 0.472 e. The van der Waals surface area contributed by atoms with E-state index >= 15 is 0 Å². The first-order valence-electron chi connectivity index (χ1n) is 34.3. The fourth-order valence-corrected chi connectivity index (χ4v) is 10.0. The molecule has 0 amide bonds. The molecule has 0 heterocycles. The summed E-state index contributed by atoms with van der Waals surface area (Å²) >= 11 is 0. The van der Waals surface area contributed by atoms with Crippen molar-refractivity contribution in [1.82, 2.24) is 0 Å². The number of carbonyl (C=O) groups is 2. The van der Waals surface area contributed by atoms with Gasteiger partial charge in [0.1, 0.15) is 6.61 Å². The Balaban J connectivity index is 3.87. The number of unbranched alkanes of at least 4 members (excludes halogenated alkanes) is 26. The van der Waals surface area contributed by atoms with Crippen LogP contribution in [0.15, 0.2) is 146 Å². The summed E-state index contributed by atoms with van der Waals surface area (Å²) in [6.07, 6.45) is 99.6. The molecule has 0 fully saturated rings. The molecule has 0 radical (unpaired) electrons. The molecule has 0 aliphatic heterocycles. The first kappa shape index (κ1) is 80.9. The summed E-state index contributed by atoms with van der Waals surface area (Å²) in [6, 6.07) is 0. The Labute approximate surface area is 522 Å². The number of carbonyl (C=O) groups excluding carboxylic acids is 2. The first-order valence-corrected chi connectivity index (χ1v) is 35.8. The van der Waals surface area contributed by atoms with Gasteiger partial charge in [0.2, 0.25) is 0 Å². The molecule has 0 saturated carbocycles. The van der Waals surface area contributed by atoms with Crippen molar-refractivity contribution < 1.29 is 37.6 Å². The lowest BCUT2D eigenvalue weighted by molar-refractivity contribution is -0.161. The molecular formula is C75H126NO8P. The molecule has 2 atom stereocenters. The van der Waals surface area contributed by atoms with Crippen LogP contribution in [-0.2, 0) is 32.7 Å². The zero-order valence-electron chi connectivity index (χ0n) is 54.3. The molecule has 0 aromatic heterocycles. The average Bonchev–Trinajstić information content (AvgIpc) is 3.52. The van der Waals surface area contributed by atoms with Gasteiger partial charge in [-0.3, -0.25) is 18.6 Å². The van der Waals surface area contributed by atoms with Gasteiger partial charge in [-0.2, -0.15) is 0 Å². The maximum absolute atomic E-state index is 12.7. The van der Waals surface area contributed by atoms with E-state index in [-0.39, 0.29) is 32.6 Å². The fraction of sp³-hybridized carbons (Fsp3) is 0.653. The molecule has 10 heteroatoms. The van der Waals surface area contributed by atoms with Crippen LogP contribution in [-0.4, -0.2) is 49.3 Å². The largest absolute Gasteiger partial charge is 0.472 e. The Morgan fingerprint density at radius 1 is 0.353 bits per heavy atom. The van der Waals surface area contributed by atoms with Crippen molar-refractivity contribution in [3.63, 3.8) is 0 Å². The van der Waals surface area contributed by atoms with Crippen LogP contribution in [0.5, 0.6) is 0 Å². The van der Waals surface area contributed by atoms with Crippen LogP contribution in [0, 0.1) is 0 Å². The standard InChI is InChI=1S/C75H126NO8P/c1-3-5-7-9-11-13-15-17-19-21-23-25-27-28-29-30-31-32-33-34-35-36-37-38-39-40-41-42-43-44-46-47-49-51-53-55-57-59-61-63-65-67-74(77)81-71-73(72-83-85(79,80)82-70-69-76)84-75(78)68-66-64-62-60-58-56-54-52-50-48-45-26-24-22-20-18-16-14-12-10-8-6-4-2/h5-8,11-14,17-20,23-26,28-29,48,50,54,56,60,62,73H,3-4,9-10,15-16,21-22,27,30-47,49,51-53,55,57-59,61,63-72,76H2,1-2H3,(H,79,80)/b7-5-,8-6-,13-11-,14-12-,19-17-,20-18-,25-23-,26-24-,29-28-,50-48-,56-54-,62-60-. The van der Waals surface area contributed by atoms with E-state index in [0.29, 0.717) is 12.8 Å². The monoisotopic (exact) mass is 1200 g/mol. The quantitative estimate of drug-likeness (QED) is 0.0264. The van der Waals surface area contributed by atoms with Gasteiger partial charge in [-0.1, -0.05) is 307 Å². The average molecular weight is 1200 g/mol. The van der Waals surface area contributed by atoms with Crippen LogP contribution in [0.2, 0.25) is 0 Å². The molecule has 85 heavy (non-hydrogen) atoms. The topological polar surface area (TPSA) is 134 Å². The van der Waals surface area contributed by atoms with Gasteiger partial charge in [-0.05, 0) is 109 Å². The minimum Gasteiger partial charge on any atom is -0.462 e. The molecular weight excluding hydrogens is 1070 g/mol. The number of phosphoric ester groups is 1. The van der Waals surface area contributed by atoms with E-state index in [1.54, 1.807) is 0 Å². The maximum atomic E-state index is 12.7. The zero-order chi connectivity index (χ0) is 61.6. The van der Waals surface area contributed by atoms with Gasteiger partial charge < -0.3 is 20.1 Å². The second kappa shape index (κ2) is 69.0. The summed E-state index contributed by atoms with van der Waals surface area (Å²) in [6.45, 7) is 3.46. The number of rotatable bonds is 63. The molecule has 0 aromatic carbocycles. The second-order valence-corrected chi connectivity index (χ2v) is 23.7. The number of nitrogens with two attached hydrogens (primary N) is 1. The Kier molecular flexibility index (Phi) is 65.7. The molecule has 484 valence electrons. The van der Waals surface area contributed by atoms with Crippen molar-refractivity contribution in [2.24, 2.45) is 5.73 Å². The number of hydrogen-bond donors (Lipinski definition) is 2. The first-order chi connectivity index (χ1) is 41.8. The predicted octanol–water partition coefficient (Wildman–Crippen LogP) is 22.6. The van der Waals surface area contributed by atoms with Crippen molar-refractivity contribution >= 4 is 19.8 Å². The number of ether oxygens (including phenoxy) is 2. The van der Waals surface area contributed by atoms with Crippen LogP contribution in [0.25, 0.3) is 0 Å². The number of esters is 2. The fourth-order valence-electron chi connectivity index (χ4n) is 9.24. The van der Waals surface area contributed by atoms with Crippen LogP contribution in [0.3, 0.4) is 0 Å². The van der Waals surface area contributed by atoms with E-state index in [0.717, 1.165) is 96.3 Å². The van der Waals surface area contributed by atoms with Crippen LogP contribution < -0.4 is 5.73 Å². The van der Waals surface area contributed by atoms with E-state index in [4.69, 9.17) is 24.3 Å². The molecule has 0 spiro atoms. The Morgan fingerprint density at radius 2 is 0.624 bits per heavy atom. The molecule has 0 aliphatic carbocycles. The highest BCUT2D eigenvalue weighted by molar-refractivity contribution is 7.47. The highest BCUT2D eigenvalue weighted by Gasteiger charge is 2.26. The van der Waals surface area contributed by atoms with Gasteiger partial charge in [0.05, 0.1) is 13.2 Å². The van der Waals surface area contributed by atoms with Gasteiger partial charge >= 0.3 is 19.8 Å². The predicted molar refractivity (Wildman–Crippen MR) is 367 cm³/mol. The minimum atomic E-state index is -4.42. The van der Waals surface area contributed by atoms with Gasteiger partial charge in [0.15, 0.2) is 6.10 Å². The lowest BCUT2D eigenvalue weighted by atomic mass is 10.0. The van der Waals surface area contributed by atoms with E-state index in [2.05, 4.69) is 154 Å². The van der Waals surface area contributed by atoms with Crippen LogP contribution >= 0.6 is 7.82 Å². The Bertz CT molecular complexity index is 1900. The zero-order valence-corrected chi connectivity index (χ0v) is 55.2. The van der Waals surface area contributed by atoms with Crippen molar-refractivity contribution in [2.75, 3.05) is 26.4 Å². The van der Waals surface area contributed by atoms with E-state index in [1.165, 1.54) is 148 Å². The lowest BCUT2D eigenvalue weighted by Gasteiger charge is -2.19. The summed E-state index contributed by atoms with van der Waals surface area (Å²) in [5.41, 5.74) is 5.39. The minimum absolute atomic E-state index is 0.0387. The Morgan fingerprint density at radius 3 is 0.941 bits per heavy atom. The number of phosphoric acid groups is 1. The van der Waals surface area contributed by atoms with Crippen molar-refractivity contribution in [2.45, 2.75) is 290 Å². The van der Waals surface area contributed by atoms with E-state index in [9.17, 15) is 19.0 Å². The molecule has 0 bridgehead atoms. The summed E-state index contributed by atoms with van der Waals surface area (Å²) in [7, 11) is -4.42. The van der Waals surface area contributed by atoms with Crippen LogP contribution in [0.1, 0.15) is 284 Å². The smallest absolute Gasteiger partial charge is 0.462 e. The summed E-state index contributed by atoms with van der Waals surface area (Å²) in [5.74, 6) is -0.897. The normalized spacial score (nSPS) is 13.9. The lowest BCUT2D eigenvalue weighted by Crippen LogP contribution is -2.29. The van der Waals surface area contributed by atoms with Crippen molar-refractivity contribution in [1.29, 1.82) is 0 Å². The second-order valence-electron chi connectivity index (χ2n) is 22.3. The third-order valence-corrected chi connectivity index (χ3v) is 15.2. The van der Waals surface area contributed by atoms with Gasteiger partial charge in [0.25, 0.3) is 0 Å². The van der Waals surface area contributed by atoms with Crippen LogP contribution in [0.4, 0.5) is 0 Å². The molecule has 0 aromatic rings. The van der Waals surface area contributed by atoms with E-state index in [1.807, 2.05) is 6.08 Å². The molecule has 0 saturated heterocycles. The van der Waals surface area contributed by atoms with Crippen molar-refractivity contribution in [3.8, 4) is 0 Å². The number of hydrogen-bond acceptors (Lipinski definition) is 8. The van der Waals surface area contributed by atoms with Gasteiger partial charge in [0, 0.05) is 19.4 Å². The molecule has 9 nitrogen and oxygen atoms in total. The SMILES string of the molecule is CC/C=C\C/C=C\C/C=C\C/C=C\C/C=C\C/C=C\C/C=C\CCCC(=O)OC(COC(=O)CCCCCCCCCCCCCCCCCCCCCCCCCCC/C=C\C/C=C\C/C=C\C/C=C\C/C=C\CC)COP(=O)(O)OCCN. The summed E-state index contributed by atoms with van der Waals surface area (Å²) in [4.78, 5) is 35.3. The molecule has 0 aliphatic rings. The van der Waals surface area contributed by atoms with Gasteiger partial charge in [-0.25, -0.2) is 4.57 Å². The van der Waals surface area contributed by atoms with E-state index < -0.39 is 32.5 Å². The Hall–Kier alpha value is -4.11. The molecule has 3 N–H and O–H groups in total. The highest BCUT2D eigenvalue weighted by Crippen LogP contribution is 2.43. The third kappa shape index (κ3) is 68.9. The molecule has 2 unspecified atom stereocenters. The van der Waals surface area contributed by atoms with Gasteiger partial charge in [-0.15, -0.1) is 0 Å². The highest BCUT2D eigenvalue weighted by atomic mass is 31.2. The summed E-state index contributed by atoms with van der Waals surface area (Å²) in [5, 5.41) is 0.